The molecule has 0 saturated carbocycles. The molecule has 2 aromatic heterocycles. The molecule has 7 nitrogen and oxygen atoms in total. The maximum absolute atomic E-state index is 4.66. The van der Waals surface area contributed by atoms with Crippen LogP contribution >= 0.6 is 11.3 Å². The Hall–Kier alpha value is -2.19. The fourth-order valence-electron chi connectivity index (χ4n) is 3.02. The van der Waals surface area contributed by atoms with Crippen LogP contribution in [0.1, 0.15) is 36.0 Å². The molecule has 0 aromatic carbocycles. The quantitative estimate of drug-likeness (QED) is 0.572. The van der Waals surface area contributed by atoms with Crippen molar-refractivity contribution in [2.45, 2.75) is 32.9 Å². The summed E-state index contributed by atoms with van der Waals surface area (Å²) in [4.78, 5) is 18.2. The van der Waals surface area contributed by atoms with E-state index in [-0.39, 0.29) is 0 Å². The normalized spacial score (nSPS) is 15.9. The Morgan fingerprint density at radius 3 is 2.64 bits per heavy atom. The van der Waals surface area contributed by atoms with Crippen LogP contribution < -0.4 is 15.5 Å². The van der Waals surface area contributed by atoms with E-state index in [2.05, 4.69) is 73.8 Å². The van der Waals surface area contributed by atoms with E-state index in [0.29, 0.717) is 19.0 Å². The summed E-state index contributed by atoms with van der Waals surface area (Å²) in [6.07, 6.45) is 1.89. The number of nitrogens with zero attached hydrogens (tertiary/aromatic N) is 5. The second-order valence-corrected chi connectivity index (χ2v) is 8.36. The van der Waals surface area contributed by atoms with Gasteiger partial charge in [-0.2, -0.15) is 0 Å². The lowest BCUT2D eigenvalue weighted by atomic mass is 10.2. The van der Waals surface area contributed by atoms with Gasteiger partial charge in [0.1, 0.15) is 10.8 Å². The van der Waals surface area contributed by atoms with Gasteiger partial charge in [0.25, 0.3) is 0 Å². The molecule has 0 atom stereocenters. The summed E-state index contributed by atoms with van der Waals surface area (Å²) in [5, 5.41) is 9.94. The highest BCUT2D eigenvalue weighted by Crippen LogP contribution is 2.17. The summed E-state index contributed by atoms with van der Waals surface area (Å²) in [5.41, 5.74) is 2.35. The topological polar surface area (TPSA) is 68.7 Å². The Labute approximate surface area is 171 Å². The number of nitrogens with one attached hydrogen (secondary N) is 2. The predicted molar refractivity (Wildman–Crippen MR) is 117 cm³/mol. The first kappa shape index (κ1) is 20.5. The third kappa shape index (κ3) is 5.65. The summed E-state index contributed by atoms with van der Waals surface area (Å²) in [7, 11) is 3.96. The molecule has 0 radical (unpaired) electrons. The average molecular weight is 402 g/mol. The van der Waals surface area contributed by atoms with E-state index in [1.807, 2.05) is 6.20 Å². The molecule has 28 heavy (non-hydrogen) atoms. The van der Waals surface area contributed by atoms with Gasteiger partial charge in [-0.25, -0.2) is 9.97 Å². The van der Waals surface area contributed by atoms with Crippen molar-refractivity contribution < 1.29 is 0 Å². The van der Waals surface area contributed by atoms with Crippen molar-refractivity contribution in [1.82, 2.24) is 25.5 Å². The summed E-state index contributed by atoms with van der Waals surface area (Å²) in [5.74, 6) is 2.29. The number of thiazole rings is 1. The van der Waals surface area contributed by atoms with E-state index in [0.717, 1.165) is 48.7 Å². The van der Waals surface area contributed by atoms with E-state index in [4.69, 9.17) is 0 Å². The molecule has 0 amide bonds. The molecule has 2 aromatic rings. The zero-order valence-electron chi connectivity index (χ0n) is 17.3. The first-order chi connectivity index (χ1) is 13.5. The van der Waals surface area contributed by atoms with E-state index in [9.17, 15) is 0 Å². The Balaban J connectivity index is 1.51. The van der Waals surface area contributed by atoms with Crippen LogP contribution in [0.2, 0.25) is 0 Å². The number of piperazine rings is 1. The van der Waals surface area contributed by atoms with Crippen molar-refractivity contribution in [3.63, 3.8) is 0 Å². The van der Waals surface area contributed by atoms with Crippen LogP contribution in [0.3, 0.4) is 0 Å². The van der Waals surface area contributed by atoms with Gasteiger partial charge >= 0.3 is 0 Å². The Kier molecular flexibility index (Phi) is 7.22. The largest absolute Gasteiger partial charge is 0.354 e. The van der Waals surface area contributed by atoms with Crippen molar-refractivity contribution in [2.75, 3.05) is 45.2 Å². The fourth-order valence-corrected chi connectivity index (χ4v) is 3.91. The minimum absolute atomic E-state index is 0.462. The molecule has 0 unspecified atom stereocenters. The Morgan fingerprint density at radius 2 is 1.96 bits per heavy atom. The number of likely N-dealkylation sites (N-methyl/N-ethyl adjacent to an activating group) is 1. The van der Waals surface area contributed by atoms with Gasteiger partial charge in [-0.3, -0.25) is 4.99 Å². The molecule has 2 N–H and O–H groups in total. The summed E-state index contributed by atoms with van der Waals surface area (Å²) >= 11 is 1.69. The maximum atomic E-state index is 4.66. The van der Waals surface area contributed by atoms with Crippen LogP contribution in [0.5, 0.6) is 0 Å². The number of hydrogen-bond acceptors (Lipinski definition) is 6. The SMILES string of the molecule is CN=C(NCc1ccnc(N2CCN(C)CC2)c1)NCc1nc(C(C)C)cs1. The second kappa shape index (κ2) is 9.84. The lowest BCUT2D eigenvalue weighted by Crippen LogP contribution is -2.44. The Morgan fingerprint density at radius 1 is 1.21 bits per heavy atom. The molecular weight excluding hydrogens is 370 g/mol. The molecule has 0 aliphatic carbocycles. The van der Waals surface area contributed by atoms with Crippen molar-refractivity contribution >= 4 is 23.1 Å². The minimum atomic E-state index is 0.462. The first-order valence-corrected chi connectivity index (χ1v) is 10.7. The molecule has 1 aliphatic rings. The molecule has 1 aliphatic heterocycles. The summed E-state index contributed by atoms with van der Waals surface area (Å²) in [6.45, 7) is 9.92. The van der Waals surface area contributed by atoms with Gasteiger partial charge in [-0.05, 0) is 30.7 Å². The van der Waals surface area contributed by atoms with Crippen LogP contribution in [-0.4, -0.2) is 61.1 Å². The zero-order chi connectivity index (χ0) is 19.9. The third-order valence-corrected chi connectivity index (χ3v) is 5.76. The van der Waals surface area contributed by atoms with E-state index in [1.54, 1.807) is 18.4 Å². The van der Waals surface area contributed by atoms with Gasteiger partial charge < -0.3 is 20.4 Å². The highest BCUT2D eigenvalue weighted by atomic mass is 32.1. The molecule has 8 heteroatoms. The number of guanidine groups is 1. The number of rotatable bonds is 6. The van der Waals surface area contributed by atoms with E-state index < -0.39 is 0 Å². The van der Waals surface area contributed by atoms with Crippen molar-refractivity contribution in [3.8, 4) is 0 Å². The highest BCUT2D eigenvalue weighted by molar-refractivity contribution is 7.09. The van der Waals surface area contributed by atoms with Gasteiger partial charge in [0.2, 0.25) is 0 Å². The van der Waals surface area contributed by atoms with Crippen LogP contribution in [-0.2, 0) is 13.1 Å². The zero-order valence-corrected chi connectivity index (χ0v) is 18.1. The average Bonchev–Trinajstić information content (AvgIpc) is 3.18. The first-order valence-electron chi connectivity index (χ1n) is 9.82. The van der Waals surface area contributed by atoms with Crippen molar-refractivity contribution in [2.24, 2.45) is 4.99 Å². The number of hydrogen-bond donors (Lipinski definition) is 2. The van der Waals surface area contributed by atoms with E-state index >= 15 is 0 Å². The Bertz CT molecular complexity index is 778. The van der Waals surface area contributed by atoms with Crippen LogP contribution in [0.15, 0.2) is 28.7 Å². The summed E-state index contributed by atoms with van der Waals surface area (Å²) in [6, 6.07) is 4.22. The molecule has 152 valence electrons. The molecule has 3 rings (SSSR count). The second-order valence-electron chi connectivity index (χ2n) is 7.41. The molecule has 1 saturated heterocycles. The van der Waals surface area contributed by atoms with Crippen molar-refractivity contribution in [1.29, 1.82) is 0 Å². The number of anilines is 1. The van der Waals surface area contributed by atoms with Gasteiger partial charge in [0.05, 0.1) is 12.2 Å². The lowest BCUT2D eigenvalue weighted by Gasteiger charge is -2.33. The van der Waals surface area contributed by atoms with Gasteiger partial charge in [-0.15, -0.1) is 11.3 Å². The van der Waals surface area contributed by atoms with E-state index in [1.165, 1.54) is 5.56 Å². The van der Waals surface area contributed by atoms with Crippen molar-refractivity contribution in [3.05, 3.63) is 40.0 Å². The van der Waals surface area contributed by atoms with Crippen LogP contribution in [0, 0.1) is 0 Å². The third-order valence-electron chi connectivity index (χ3n) is 4.89. The van der Waals surface area contributed by atoms with Crippen LogP contribution in [0.25, 0.3) is 0 Å². The molecule has 3 heterocycles. The lowest BCUT2D eigenvalue weighted by molar-refractivity contribution is 0.312. The standard InChI is InChI=1S/C20H31N7S/c1-15(2)17-14-28-19(25-17)13-24-20(21-3)23-12-16-5-6-22-18(11-16)27-9-7-26(4)8-10-27/h5-6,11,14-15H,7-10,12-13H2,1-4H3,(H2,21,23,24). The van der Waals surface area contributed by atoms with Gasteiger partial charge in [-0.1, -0.05) is 13.8 Å². The number of aliphatic imine (C=N–C) groups is 1. The molecular formula is C20H31N7S. The van der Waals surface area contributed by atoms with Crippen LogP contribution in [0.4, 0.5) is 5.82 Å². The highest BCUT2D eigenvalue weighted by Gasteiger charge is 2.15. The number of pyridine rings is 1. The monoisotopic (exact) mass is 401 g/mol. The minimum Gasteiger partial charge on any atom is -0.354 e. The summed E-state index contributed by atoms with van der Waals surface area (Å²) < 4.78 is 0. The fraction of sp³-hybridized carbons (Fsp3) is 0.550. The molecule has 1 fully saturated rings. The molecule has 0 spiro atoms. The van der Waals surface area contributed by atoms with Gasteiger partial charge in [0.15, 0.2) is 5.96 Å². The van der Waals surface area contributed by atoms with Gasteiger partial charge in [0, 0.05) is 51.3 Å². The number of aromatic nitrogens is 2. The smallest absolute Gasteiger partial charge is 0.191 e. The maximum Gasteiger partial charge on any atom is 0.191 e. The predicted octanol–water partition coefficient (Wildman–Crippen LogP) is 2.28. The molecule has 0 bridgehead atoms.